The second kappa shape index (κ2) is 5.73. The monoisotopic (exact) mass is 350 g/mol. The number of halogens is 4. The predicted molar refractivity (Wildman–Crippen MR) is 73.6 cm³/mol. The van der Waals surface area contributed by atoms with Gasteiger partial charge in [-0.05, 0) is 38.1 Å². The third-order valence-corrected chi connectivity index (χ3v) is 4.05. The van der Waals surface area contributed by atoms with Crippen LogP contribution in [-0.2, 0) is 11.0 Å². The highest BCUT2D eigenvalue weighted by Crippen LogP contribution is 2.37. The molecule has 2 rings (SSSR count). The van der Waals surface area contributed by atoms with Crippen LogP contribution in [-0.4, -0.2) is 25.5 Å². The molecule has 0 saturated carbocycles. The van der Waals surface area contributed by atoms with Gasteiger partial charge < -0.3 is 10.2 Å². The molecule has 1 aromatic carbocycles. The van der Waals surface area contributed by atoms with Crippen molar-refractivity contribution in [3.8, 4) is 0 Å². The number of nitrogens with one attached hydrogen (secondary N) is 1. The van der Waals surface area contributed by atoms with Crippen molar-refractivity contribution in [1.29, 1.82) is 0 Å². The molecule has 0 spiro atoms. The van der Waals surface area contributed by atoms with Gasteiger partial charge in [0, 0.05) is 16.7 Å². The standard InChI is InChI=1S/C13H14BrF3N2O/c1-18-11-3-2-6-19(12(11)20)8-4-5-10(14)9(7-8)13(15,16)17/h4-5,7,11,18H,2-3,6H2,1H3. The Bertz CT molecular complexity index is 519. The van der Waals surface area contributed by atoms with Crippen LogP contribution in [0.15, 0.2) is 22.7 Å². The van der Waals surface area contributed by atoms with Gasteiger partial charge in [0.05, 0.1) is 11.6 Å². The minimum Gasteiger partial charge on any atom is -0.311 e. The summed E-state index contributed by atoms with van der Waals surface area (Å²) in [4.78, 5) is 13.6. The summed E-state index contributed by atoms with van der Waals surface area (Å²) in [6.07, 6.45) is -2.99. The van der Waals surface area contributed by atoms with E-state index in [0.29, 0.717) is 13.0 Å². The van der Waals surface area contributed by atoms with Crippen LogP contribution in [0.25, 0.3) is 0 Å². The predicted octanol–water partition coefficient (Wildman–Crippen LogP) is 3.18. The van der Waals surface area contributed by atoms with Gasteiger partial charge in [0.15, 0.2) is 0 Å². The molecule has 110 valence electrons. The quantitative estimate of drug-likeness (QED) is 0.888. The van der Waals surface area contributed by atoms with Crippen molar-refractivity contribution in [3.05, 3.63) is 28.2 Å². The Kier molecular flexibility index (Phi) is 4.39. The smallest absolute Gasteiger partial charge is 0.311 e. The minimum atomic E-state index is -4.45. The number of likely N-dealkylation sites (N-methyl/N-ethyl adjacent to an activating group) is 1. The van der Waals surface area contributed by atoms with Gasteiger partial charge in [0.1, 0.15) is 0 Å². The molecule has 1 aliphatic rings. The molecule has 1 aliphatic heterocycles. The summed E-state index contributed by atoms with van der Waals surface area (Å²) in [5.74, 6) is -0.186. The van der Waals surface area contributed by atoms with E-state index in [-0.39, 0.29) is 22.1 Å². The van der Waals surface area contributed by atoms with Gasteiger partial charge in [-0.25, -0.2) is 0 Å². The number of amides is 1. The number of piperidine rings is 1. The summed E-state index contributed by atoms with van der Waals surface area (Å²) in [7, 11) is 1.68. The Morgan fingerprint density at radius 1 is 1.40 bits per heavy atom. The number of hydrogen-bond donors (Lipinski definition) is 1. The Hall–Kier alpha value is -1.08. The number of rotatable bonds is 2. The molecule has 1 saturated heterocycles. The van der Waals surface area contributed by atoms with Crippen LogP contribution in [0.5, 0.6) is 0 Å². The summed E-state index contributed by atoms with van der Waals surface area (Å²) in [6.45, 7) is 0.440. The molecule has 7 heteroatoms. The number of anilines is 1. The van der Waals surface area contributed by atoms with Crippen molar-refractivity contribution >= 4 is 27.5 Å². The first kappa shape index (κ1) is 15.3. The fourth-order valence-electron chi connectivity index (χ4n) is 2.30. The molecule has 1 fully saturated rings. The zero-order valence-corrected chi connectivity index (χ0v) is 12.4. The maximum Gasteiger partial charge on any atom is 0.417 e. The summed E-state index contributed by atoms with van der Waals surface area (Å²) >= 11 is 2.90. The fraction of sp³-hybridized carbons (Fsp3) is 0.462. The molecule has 3 nitrogen and oxygen atoms in total. The SMILES string of the molecule is CNC1CCCN(c2ccc(Br)c(C(F)(F)F)c2)C1=O. The number of carbonyl (C=O) groups is 1. The van der Waals surface area contributed by atoms with Crippen molar-refractivity contribution in [2.24, 2.45) is 0 Å². The van der Waals surface area contributed by atoms with Crippen LogP contribution in [0.4, 0.5) is 18.9 Å². The molecule has 0 aromatic heterocycles. The van der Waals surface area contributed by atoms with Gasteiger partial charge in [-0.3, -0.25) is 4.79 Å². The molecular weight excluding hydrogens is 337 g/mol. The highest BCUT2D eigenvalue weighted by molar-refractivity contribution is 9.10. The molecular formula is C13H14BrF3N2O. The van der Waals surface area contributed by atoms with Gasteiger partial charge in [-0.1, -0.05) is 15.9 Å². The van der Waals surface area contributed by atoms with E-state index in [1.165, 1.54) is 17.0 Å². The molecule has 20 heavy (non-hydrogen) atoms. The lowest BCUT2D eigenvalue weighted by Crippen LogP contribution is -2.49. The maximum absolute atomic E-state index is 12.9. The summed E-state index contributed by atoms with van der Waals surface area (Å²) in [6, 6.07) is 3.53. The van der Waals surface area contributed by atoms with Crippen LogP contribution in [0.2, 0.25) is 0 Å². The van der Waals surface area contributed by atoms with Crippen LogP contribution >= 0.6 is 15.9 Å². The summed E-state index contributed by atoms with van der Waals surface area (Å²) < 4.78 is 38.6. The van der Waals surface area contributed by atoms with Crippen molar-refractivity contribution in [1.82, 2.24) is 5.32 Å². The average Bonchev–Trinajstić information content (AvgIpc) is 2.38. The van der Waals surface area contributed by atoms with Gasteiger partial charge in [-0.2, -0.15) is 13.2 Å². The zero-order valence-electron chi connectivity index (χ0n) is 10.8. The number of nitrogens with zero attached hydrogens (tertiary/aromatic N) is 1. The number of hydrogen-bond acceptors (Lipinski definition) is 2. The normalized spacial score (nSPS) is 20.4. The van der Waals surface area contributed by atoms with E-state index in [2.05, 4.69) is 21.2 Å². The highest BCUT2D eigenvalue weighted by atomic mass is 79.9. The number of carbonyl (C=O) groups excluding carboxylic acids is 1. The maximum atomic E-state index is 12.9. The van der Waals surface area contributed by atoms with E-state index in [1.807, 2.05) is 0 Å². The molecule has 0 bridgehead atoms. The Morgan fingerprint density at radius 2 is 2.10 bits per heavy atom. The lowest BCUT2D eigenvalue weighted by atomic mass is 10.0. The lowest BCUT2D eigenvalue weighted by Gasteiger charge is -2.32. The second-order valence-corrected chi connectivity index (χ2v) is 5.49. The van der Waals surface area contributed by atoms with E-state index < -0.39 is 11.7 Å². The molecule has 1 heterocycles. The van der Waals surface area contributed by atoms with E-state index in [0.717, 1.165) is 12.5 Å². The third kappa shape index (κ3) is 2.98. The largest absolute Gasteiger partial charge is 0.417 e. The van der Waals surface area contributed by atoms with Crippen molar-refractivity contribution in [2.75, 3.05) is 18.5 Å². The van der Waals surface area contributed by atoms with E-state index >= 15 is 0 Å². The molecule has 0 aliphatic carbocycles. The van der Waals surface area contributed by atoms with E-state index in [1.54, 1.807) is 7.05 Å². The first-order chi connectivity index (χ1) is 9.34. The Labute approximate surface area is 123 Å². The van der Waals surface area contributed by atoms with Gasteiger partial charge in [0.25, 0.3) is 0 Å². The van der Waals surface area contributed by atoms with Crippen LogP contribution in [0.3, 0.4) is 0 Å². The van der Waals surface area contributed by atoms with Gasteiger partial charge in [-0.15, -0.1) is 0 Å². The molecule has 0 radical (unpaired) electrons. The summed E-state index contributed by atoms with van der Waals surface area (Å²) in [5, 5.41) is 2.89. The van der Waals surface area contributed by atoms with Crippen molar-refractivity contribution < 1.29 is 18.0 Å². The number of alkyl halides is 3. The van der Waals surface area contributed by atoms with Crippen LogP contribution in [0.1, 0.15) is 18.4 Å². The lowest BCUT2D eigenvalue weighted by molar-refractivity contribution is -0.138. The zero-order chi connectivity index (χ0) is 14.9. The van der Waals surface area contributed by atoms with Gasteiger partial charge in [0.2, 0.25) is 5.91 Å². The van der Waals surface area contributed by atoms with Crippen LogP contribution < -0.4 is 10.2 Å². The minimum absolute atomic E-state index is 0.0247. The summed E-state index contributed by atoms with van der Waals surface area (Å²) in [5.41, 5.74) is -0.486. The van der Waals surface area contributed by atoms with E-state index in [4.69, 9.17) is 0 Å². The first-order valence-corrected chi connectivity index (χ1v) is 6.99. The molecule has 1 atom stereocenters. The highest BCUT2D eigenvalue weighted by Gasteiger charge is 2.35. The van der Waals surface area contributed by atoms with Crippen molar-refractivity contribution in [2.45, 2.75) is 25.1 Å². The third-order valence-electron chi connectivity index (χ3n) is 3.35. The molecule has 1 aromatic rings. The van der Waals surface area contributed by atoms with Gasteiger partial charge >= 0.3 is 6.18 Å². The van der Waals surface area contributed by atoms with Crippen LogP contribution in [0, 0.1) is 0 Å². The second-order valence-electron chi connectivity index (χ2n) is 4.64. The molecule has 1 amide bonds. The fourth-order valence-corrected chi connectivity index (χ4v) is 2.77. The van der Waals surface area contributed by atoms with Crippen molar-refractivity contribution in [3.63, 3.8) is 0 Å². The average molecular weight is 351 g/mol. The topological polar surface area (TPSA) is 32.3 Å². The first-order valence-electron chi connectivity index (χ1n) is 6.20. The molecule has 1 unspecified atom stereocenters. The Balaban J connectivity index is 2.36. The van der Waals surface area contributed by atoms with E-state index in [9.17, 15) is 18.0 Å². The molecule has 1 N–H and O–H groups in total. The number of benzene rings is 1. The Morgan fingerprint density at radius 3 is 2.70 bits per heavy atom.